The summed E-state index contributed by atoms with van der Waals surface area (Å²) in [6, 6.07) is 1.98. The molecule has 2 heterocycles. The second kappa shape index (κ2) is 5.82. The second-order valence-corrected chi connectivity index (χ2v) is 4.91. The van der Waals surface area contributed by atoms with Gasteiger partial charge in [-0.2, -0.15) is 5.10 Å². The van der Waals surface area contributed by atoms with Gasteiger partial charge in [0, 0.05) is 25.4 Å². The quantitative estimate of drug-likeness (QED) is 0.897. The van der Waals surface area contributed by atoms with Gasteiger partial charge in [0.25, 0.3) is 0 Å². The van der Waals surface area contributed by atoms with Crippen molar-refractivity contribution in [3.8, 4) is 11.4 Å². The summed E-state index contributed by atoms with van der Waals surface area (Å²) in [6.07, 6.45) is 4.48. The molecule has 102 valence electrons. The van der Waals surface area contributed by atoms with Crippen LogP contribution in [0.15, 0.2) is 18.6 Å². The van der Waals surface area contributed by atoms with E-state index in [0.29, 0.717) is 5.92 Å². The van der Waals surface area contributed by atoms with Gasteiger partial charge in [0.15, 0.2) is 0 Å². The first-order chi connectivity index (χ1) is 9.15. The summed E-state index contributed by atoms with van der Waals surface area (Å²) in [7, 11) is 1.93. The van der Waals surface area contributed by atoms with E-state index in [-0.39, 0.29) is 0 Å². The normalized spacial score (nSPS) is 11.0. The van der Waals surface area contributed by atoms with Crippen LogP contribution in [0.5, 0.6) is 0 Å². The third-order valence-corrected chi connectivity index (χ3v) is 3.07. The van der Waals surface area contributed by atoms with Crippen molar-refractivity contribution in [1.29, 1.82) is 0 Å². The molecule has 0 fully saturated rings. The van der Waals surface area contributed by atoms with Gasteiger partial charge in [-0.15, -0.1) is 0 Å². The summed E-state index contributed by atoms with van der Waals surface area (Å²) < 4.78 is 1.85. The van der Waals surface area contributed by atoms with Crippen LogP contribution in [-0.2, 0) is 7.05 Å². The standard InChI is InChI=1S/C14H21N5/c1-5-7-15-14-12(10(2)3)13(16-9-17-14)11-6-8-18-19(11)4/h6,8-10H,5,7H2,1-4H3,(H,15,16,17). The van der Waals surface area contributed by atoms with E-state index in [1.165, 1.54) is 0 Å². The summed E-state index contributed by atoms with van der Waals surface area (Å²) in [6.45, 7) is 7.39. The number of hydrogen-bond acceptors (Lipinski definition) is 4. The van der Waals surface area contributed by atoms with Crippen molar-refractivity contribution in [2.45, 2.75) is 33.1 Å². The zero-order valence-electron chi connectivity index (χ0n) is 12.0. The van der Waals surface area contributed by atoms with Crippen LogP contribution in [-0.4, -0.2) is 26.3 Å². The number of aryl methyl sites for hydroxylation is 1. The molecule has 0 aliphatic carbocycles. The van der Waals surface area contributed by atoms with Crippen LogP contribution < -0.4 is 5.32 Å². The molecular formula is C14H21N5. The SMILES string of the molecule is CCCNc1ncnc(-c2ccnn2C)c1C(C)C. The number of rotatable bonds is 5. The van der Waals surface area contributed by atoms with Gasteiger partial charge in [0.2, 0.25) is 0 Å². The van der Waals surface area contributed by atoms with Crippen LogP contribution >= 0.6 is 0 Å². The third kappa shape index (κ3) is 2.75. The molecule has 0 bridgehead atoms. The van der Waals surface area contributed by atoms with E-state index in [0.717, 1.165) is 35.7 Å². The van der Waals surface area contributed by atoms with Crippen LogP contribution in [0.3, 0.4) is 0 Å². The minimum Gasteiger partial charge on any atom is -0.370 e. The fourth-order valence-corrected chi connectivity index (χ4v) is 2.14. The van der Waals surface area contributed by atoms with Crippen molar-refractivity contribution in [2.75, 3.05) is 11.9 Å². The Bertz CT molecular complexity index is 545. The number of aromatic nitrogens is 4. The van der Waals surface area contributed by atoms with Gasteiger partial charge in [-0.1, -0.05) is 20.8 Å². The molecule has 0 amide bonds. The first-order valence-electron chi connectivity index (χ1n) is 6.72. The molecule has 0 saturated heterocycles. The minimum absolute atomic E-state index is 0.352. The average molecular weight is 259 g/mol. The Hall–Kier alpha value is -1.91. The summed E-state index contributed by atoms with van der Waals surface area (Å²) in [4.78, 5) is 8.85. The molecule has 2 rings (SSSR count). The Labute approximate surface area is 114 Å². The summed E-state index contributed by atoms with van der Waals surface area (Å²) >= 11 is 0. The predicted octanol–water partition coefficient (Wildman–Crippen LogP) is 2.82. The second-order valence-electron chi connectivity index (χ2n) is 4.91. The zero-order valence-corrected chi connectivity index (χ0v) is 12.0. The molecule has 0 aliphatic rings. The van der Waals surface area contributed by atoms with Crippen LogP contribution in [0, 0.1) is 0 Å². The summed E-state index contributed by atoms with van der Waals surface area (Å²) in [5.74, 6) is 1.29. The molecule has 0 saturated carbocycles. The molecule has 0 radical (unpaired) electrons. The lowest BCUT2D eigenvalue weighted by molar-refractivity contribution is 0.766. The lowest BCUT2D eigenvalue weighted by Crippen LogP contribution is -2.10. The van der Waals surface area contributed by atoms with Gasteiger partial charge in [-0.3, -0.25) is 4.68 Å². The molecule has 2 aromatic heterocycles. The van der Waals surface area contributed by atoms with Crippen molar-refractivity contribution in [3.05, 3.63) is 24.2 Å². The number of hydrogen-bond donors (Lipinski definition) is 1. The third-order valence-electron chi connectivity index (χ3n) is 3.07. The maximum absolute atomic E-state index is 4.46. The topological polar surface area (TPSA) is 55.6 Å². The number of anilines is 1. The van der Waals surface area contributed by atoms with E-state index >= 15 is 0 Å². The Morgan fingerprint density at radius 3 is 2.68 bits per heavy atom. The van der Waals surface area contributed by atoms with Crippen molar-refractivity contribution >= 4 is 5.82 Å². The lowest BCUT2D eigenvalue weighted by Gasteiger charge is -2.16. The van der Waals surface area contributed by atoms with Crippen molar-refractivity contribution in [1.82, 2.24) is 19.7 Å². The van der Waals surface area contributed by atoms with E-state index in [1.54, 1.807) is 12.5 Å². The van der Waals surface area contributed by atoms with Crippen LogP contribution in [0.2, 0.25) is 0 Å². The van der Waals surface area contributed by atoms with E-state index in [2.05, 4.69) is 41.2 Å². The Kier molecular flexibility index (Phi) is 4.14. The summed E-state index contributed by atoms with van der Waals surface area (Å²) in [5.41, 5.74) is 3.13. The predicted molar refractivity (Wildman–Crippen MR) is 77.1 cm³/mol. The molecule has 5 heteroatoms. The van der Waals surface area contributed by atoms with Crippen molar-refractivity contribution < 1.29 is 0 Å². The minimum atomic E-state index is 0.352. The highest BCUT2D eigenvalue weighted by Crippen LogP contribution is 2.31. The van der Waals surface area contributed by atoms with Crippen LogP contribution in [0.1, 0.15) is 38.7 Å². The van der Waals surface area contributed by atoms with Gasteiger partial charge < -0.3 is 5.32 Å². The Balaban J connectivity index is 2.52. The zero-order chi connectivity index (χ0) is 13.8. The highest BCUT2D eigenvalue weighted by molar-refractivity contribution is 5.66. The first-order valence-corrected chi connectivity index (χ1v) is 6.72. The monoisotopic (exact) mass is 259 g/mol. The molecular weight excluding hydrogens is 238 g/mol. The first kappa shape index (κ1) is 13.5. The molecule has 19 heavy (non-hydrogen) atoms. The number of nitrogens with zero attached hydrogens (tertiary/aromatic N) is 4. The molecule has 1 N–H and O–H groups in total. The molecule has 0 aliphatic heterocycles. The van der Waals surface area contributed by atoms with Crippen molar-refractivity contribution in [3.63, 3.8) is 0 Å². The van der Waals surface area contributed by atoms with Gasteiger partial charge in [-0.25, -0.2) is 9.97 Å². The Morgan fingerprint density at radius 1 is 1.32 bits per heavy atom. The van der Waals surface area contributed by atoms with Gasteiger partial charge in [-0.05, 0) is 18.4 Å². The van der Waals surface area contributed by atoms with Gasteiger partial charge in [0.05, 0.1) is 11.4 Å². The van der Waals surface area contributed by atoms with Crippen LogP contribution in [0.4, 0.5) is 5.82 Å². The molecule has 2 aromatic rings. The highest BCUT2D eigenvalue weighted by atomic mass is 15.3. The fraction of sp³-hybridized carbons (Fsp3) is 0.500. The van der Waals surface area contributed by atoms with E-state index in [9.17, 15) is 0 Å². The van der Waals surface area contributed by atoms with Gasteiger partial charge in [0.1, 0.15) is 12.1 Å². The number of nitrogens with one attached hydrogen (secondary N) is 1. The molecule has 0 aromatic carbocycles. The highest BCUT2D eigenvalue weighted by Gasteiger charge is 2.17. The Morgan fingerprint density at radius 2 is 2.11 bits per heavy atom. The van der Waals surface area contributed by atoms with E-state index in [1.807, 2.05) is 17.8 Å². The lowest BCUT2D eigenvalue weighted by atomic mass is 10.00. The smallest absolute Gasteiger partial charge is 0.133 e. The molecule has 5 nitrogen and oxygen atoms in total. The maximum atomic E-state index is 4.46. The molecule has 0 atom stereocenters. The maximum Gasteiger partial charge on any atom is 0.133 e. The summed E-state index contributed by atoms with van der Waals surface area (Å²) in [5, 5.41) is 7.61. The van der Waals surface area contributed by atoms with E-state index in [4.69, 9.17) is 0 Å². The van der Waals surface area contributed by atoms with Gasteiger partial charge >= 0.3 is 0 Å². The van der Waals surface area contributed by atoms with E-state index < -0.39 is 0 Å². The average Bonchev–Trinajstić information content (AvgIpc) is 2.81. The van der Waals surface area contributed by atoms with Crippen LogP contribution in [0.25, 0.3) is 11.4 Å². The molecule has 0 unspecified atom stereocenters. The fourth-order valence-electron chi connectivity index (χ4n) is 2.14. The largest absolute Gasteiger partial charge is 0.370 e. The van der Waals surface area contributed by atoms with Crippen molar-refractivity contribution in [2.24, 2.45) is 7.05 Å². The molecule has 0 spiro atoms.